The summed E-state index contributed by atoms with van der Waals surface area (Å²) in [5, 5.41) is 36.6. The molecule has 0 aromatic rings. The molecule has 1 aliphatic rings. The summed E-state index contributed by atoms with van der Waals surface area (Å²) >= 11 is 0. The minimum atomic E-state index is -1.44. The normalized spacial score (nSPS) is 55.5. The van der Waals surface area contributed by atoms with Crippen LogP contribution in [-0.4, -0.2) is 56.9 Å². The van der Waals surface area contributed by atoms with Gasteiger partial charge < -0.3 is 31.9 Å². The molecular weight excluding hydrogens is 164 g/mol. The highest BCUT2D eigenvalue weighted by Crippen LogP contribution is 2.18. The molecular formula is C6H14N2O4. The third-order valence-corrected chi connectivity index (χ3v) is 2.28. The molecule has 0 aromatic heterocycles. The molecule has 0 radical (unpaired) electrons. The summed E-state index contributed by atoms with van der Waals surface area (Å²) in [5.74, 6) is 0. The van der Waals surface area contributed by atoms with Crippen LogP contribution in [0.25, 0.3) is 0 Å². The fourth-order valence-corrected chi connectivity index (χ4v) is 1.31. The molecule has 0 saturated heterocycles. The Morgan fingerprint density at radius 1 is 0.583 bits per heavy atom. The molecule has 0 aliphatic heterocycles. The molecule has 6 heteroatoms. The lowest BCUT2D eigenvalue weighted by molar-refractivity contribution is -0.149. The van der Waals surface area contributed by atoms with Crippen LogP contribution in [0.5, 0.6) is 0 Å². The second-order valence-corrected chi connectivity index (χ2v) is 3.12. The van der Waals surface area contributed by atoms with E-state index in [0.717, 1.165) is 0 Å². The van der Waals surface area contributed by atoms with Crippen LogP contribution < -0.4 is 11.5 Å². The van der Waals surface area contributed by atoms with Crippen molar-refractivity contribution >= 4 is 0 Å². The summed E-state index contributed by atoms with van der Waals surface area (Å²) in [4.78, 5) is 0. The van der Waals surface area contributed by atoms with Gasteiger partial charge in [0, 0.05) is 0 Å². The number of nitrogens with two attached hydrogens (primary N) is 2. The van der Waals surface area contributed by atoms with E-state index in [0.29, 0.717) is 0 Å². The first-order valence-electron chi connectivity index (χ1n) is 3.70. The van der Waals surface area contributed by atoms with E-state index in [-0.39, 0.29) is 0 Å². The third-order valence-electron chi connectivity index (χ3n) is 2.28. The molecule has 1 aliphatic carbocycles. The minimum Gasteiger partial charge on any atom is -0.389 e. The largest absolute Gasteiger partial charge is 0.389 e. The maximum atomic E-state index is 9.18. The zero-order valence-electron chi connectivity index (χ0n) is 6.41. The molecule has 0 amide bonds. The predicted molar refractivity (Wildman–Crippen MR) is 40.0 cm³/mol. The molecule has 0 spiro atoms. The van der Waals surface area contributed by atoms with E-state index in [1.165, 1.54) is 0 Å². The molecule has 6 atom stereocenters. The van der Waals surface area contributed by atoms with Crippen molar-refractivity contribution in [1.82, 2.24) is 0 Å². The summed E-state index contributed by atoms with van der Waals surface area (Å²) in [6, 6.07) is -1.84. The molecule has 1 fully saturated rings. The molecule has 6 nitrogen and oxygen atoms in total. The van der Waals surface area contributed by atoms with Gasteiger partial charge in [-0.2, -0.15) is 0 Å². The zero-order chi connectivity index (χ0) is 9.46. The lowest BCUT2D eigenvalue weighted by Gasteiger charge is -2.40. The van der Waals surface area contributed by atoms with Gasteiger partial charge >= 0.3 is 0 Å². The van der Waals surface area contributed by atoms with Crippen molar-refractivity contribution < 1.29 is 20.4 Å². The second kappa shape index (κ2) is 3.25. The van der Waals surface area contributed by atoms with Gasteiger partial charge in [0.25, 0.3) is 0 Å². The molecule has 0 bridgehead atoms. The molecule has 0 unspecified atom stereocenters. The van der Waals surface area contributed by atoms with Crippen molar-refractivity contribution in [1.29, 1.82) is 0 Å². The van der Waals surface area contributed by atoms with E-state index in [1.54, 1.807) is 0 Å². The number of rotatable bonds is 0. The van der Waals surface area contributed by atoms with Crippen molar-refractivity contribution in [3.05, 3.63) is 0 Å². The van der Waals surface area contributed by atoms with Crippen molar-refractivity contribution in [3.63, 3.8) is 0 Å². The summed E-state index contributed by atoms with van der Waals surface area (Å²) in [7, 11) is 0. The maximum absolute atomic E-state index is 9.18. The molecule has 1 rings (SSSR count). The van der Waals surface area contributed by atoms with Crippen LogP contribution in [0.1, 0.15) is 0 Å². The van der Waals surface area contributed by atoms with E-state index in [2.05, 4.69) is 0 Å². The Morgan fingerprint density at radius 2 is 0.833 bits per heavy atom. The third kappa shape index (κ3) is 1.33. The predicted octanol–water partition coefficient (Wildman–Crippen LogP) is -3.90. The van der Waals surface area contributed by atoms with Crippen LogP contribution in [0.2, 0.25) is 0 Å². The zero-order valence-corrected chi connectivity index (χ0v) is 6.41. The molecule has 12 heavy (non-hydrogen) atoms. The first-order valence-corrected chi connectivity index (χ1v) is 3.70. The van der Waals surface area contributed by atoms with Gasteiger partial charge in [0.1, 0.15) is 12.2 Å². The number of hydrogen-bond acceptors (Lipinski definition) is 6. The van der Waals surface area contributed by atoms with Crippen molar-refractivity contribution in [2.45, 2.75) is 36.5 Å². The summed E-state index contributed by atoms with van der Waals surface area (Å²) in [6.45, 7) is 0. The average molecular weight is 178 g/mol. The van der Waals surface area contributed by atoms with Crippen LogP contribution in [-0.2, 0) is 0 Å². The van der Waals surface area contributed by atoms with Crippen LogP contribution in [0.15, 0.2) is 0 Å². The van der Waals surface area contributed by atoms with E-state index >= 15 is 0 Å². The maximum Gasteiger partial charge on any atom is 0.110 e. The van der Waals surface area contributed by atoms with Crippen molar-refractivity contribution in [3.8, 4) is 0 Å². The monoisotopic (exact) mass is 178 g/mol. The Bertz CT molecular complexity index is 109. The minimum absolute atomic E-state index is 0.918. The van der Waals surface area contributed by atoms with E-state index in [4.69, 9.17) is 21.7 Å². The Morgan fingerprint density at radius 3 is 1.08 bits per heavy atom. The Balaban J connectivity index is 2.76. The van der Waals surface area contributed by atoms with Gasteiger partial charge in [0.05, 0.1) is 24.3 Å². The van der Waals surface area contributed by atoms with Crippen LogP contribution in [0, 0.1) is 0 Å². The second-order valence-electron chi connectivity index (χ2n) is 3.12. The first-order chi connectivity index (χ1) is 5.46. The van der Waals surface area contributed by atoms with Crippen LogP contribution in [0.3, 0.4) is 0 Å². The summed E-state index contributed by atoms with van der Waals surface area (Å²) < 4.78 is 0. The standard InChI is InChI=1S/C6H14N2O4/c7-1-2(8)4(10)6(12)5(11)3(1)9/h1-6,9-12H,7-8H2/t1-,2+,3-,4-,5+,6+/m0/s1. The fraction of sp³-hybridized carbons (Fsp3) is 1.00. The quantitative estimate of drug-likeness (QED) is 0.224. The Hall–Kier alpha value is -0.240. The van der Waals surface area contributed by atoms with E-state index in [1.807, 2.05) is 0 Å². The lowest BCUT2D eigenvalue weighted by atomic mass is 9.82. The topological polar surface area (TPSA) is 133 Å². The van der Waals surface area contributed by atoms with E-state index in [9.17, 15) is 10.2 Å². The summed E-state index contributed by atoms with van der Waals surface area (Å²) in [6.07, 6.45) is -5.46. The van der Waals surface area contributed by atoms with Gasteiger partial charge in [0.15, 0.2) is 0 Å². The number of aliphatic hydroxyl groups excluding tert-OH is 4. The number of hydrogen-bond donors (Lipinski definition) is 6. The smallest absolute Gasteiger partial charge is 0.110 e. The SMILES string of the molecule is N[C@@H]1[C@H](N)[C@H](O)[C@@H](O)[C@H](O)[C@H]1O. The van der Waals surface area contributed by atoms with Gasteiger partial charge in [-0.25, -0.2) is 0 Å². The Labute approximate surface area is 69.4 Å². The van der Waals surface area contributed by atoms with Crippen LogP contribution in [0.4, 0.5) is 0 Å². The van der Waals surface area contributed by atoms with E-state index < -0.39 is 36.5 Å². The fourth-order valence-electron chi connectivity index (χ4n) is 1.31. The molecule has 0 heterocycles. The molecule has 1 saturated carbocycles. The molecule has 72 valence electrons. The van der Waals surface area contributed by atoms with Crippen molar-refractivity contribution in [2.75, 3.05) is 0 Å². The highest BCUT2D eigenvalue weighted by Gasteiger charge is 2.45. The summed E-state index contributed by atoms with van der Waals surface area (Å²) in [5.41, 5.74) is 10.7. The van der Waals surface area contributed by atoms with Gasteiger partial charge in [-0.05, 0) is 0 Å². The highest BCUT2D eigenvalue weighted by atomic mass is 16.4. The number of aliphatic hydroxyl groups is 4. The molecule has 0 aromatic carbocycles. The van der Waals surface area contributed by atoms with Gasteiger partial charge in [-0.15, -0.1) is 0 Å². The average Bonchev–Trinajstić information content (AvgIpc) is 2.08. The van der Waals surface area contributed by atoms with Gasteiger partial charge in [-0.1, -0.05) is 0 Å². The van der Waals surface area contributed by atoms with Gasteiger partial charge in [0.2, 0.25) is 0 Å². The van der Waals surface area contributed by atoms with Crippen molar-refractivity contribution in [2.24, 2.45) is 11.5 Å². The molecule has 8 N–H and O–H groups in total. The highest BCUT2D eigenvalue weighted by molar-refractivity contribution is 5.02. The van der Waals surface area contributed by atoms with Gasteiger partial charge in [-0.3, -0.25) is 0 Å². The Kier molecular flexibility index (Phi) is 2.67. The van der Waals surface area contributed by atoms with Crippen LogP contribution >= 0.6 is 0 Å². The first kappa shape index (κ1) is 9.85. The lowest BCUT2D eigenvalue weighted by Crippen LogP contribution is -2.69.